The number of aromatic nitrogens is 4. The zero-order valence-corrected chi connectivity index (χ0v) is 16.2. The molecule has 3 heterocycles. The molecular weight excluding hydrogens is 354 g/mol. The third-order valence-electron chi connectivity index (χ3n) is 5.40. The van der Waals surface area contributed by atoms with Crippen LogP contribution in [0.3, 0.4) is 0 Å². The van der Waals surface area contributed by atoms with Crippen LogP contribution < -0.4 is 9.64 Å². The number of hydrogen-bond acceptors (Lipinski definition) is 5. The molecule has 2 aromatic carbocycles. The summed E-state index contributed by atoms with van der Waals surface area (Å²) in [5.74, 6) is 1.55. The SMILES string of the molecule is COc1ccc2c(-c3nc4ccc(N5CC(C)OCC5C)cc4[nH]3)n[nH]c2c1. The van der Waals surface area contributed by atoms with Gasteiger partial charge in [0.2, 0.25) is 0 Å². The van der Waals surface area contributed by atoms with E-state index < -0.39 is 0 Å². The van der Waals surface area contributed by atoms with Gasteiger partial charge in [-0.25, -0.2) is 4.98 Å². The monoisotopic (exact) mass is 377 g/mol. The van der Waals surface area contributed by atoms with Gasteiger partial charge in [-0.1, -0.05) is 0 Å². The summed E-state index contributed by atoms with van der Waals surface area (Å²) in [5.41, 5.74) is 4.85. The molecule has 7 heteroatoms. The molecule has 0 aliphatic carbocycles. The Bertz CT molecular complexity index is 1150. The third kappa shape index (κ3) is 2.79. The van der Waals surface area contributed by atoms with Gasteiger partial charge in [-0.3, -0.25) is 5.10 Å². The van der Waals surface area contributed by atoms with Crippen molar-refractivity contribution in [3.63, 3.8) is 0 Å². The highest BCUT2D eigenvalue weighted by atomic mass is 16.5. The molecule has 2 atom stereocenters. The molecule has 1 fully saturated rings. The normalized spacial score (nSPS) is 20.2. The highest BCUT2D eigenvalue weighted by Crippen LogP contribution is 2.30. The number of fused-ring (bicyclic) bond motifs is 2. The molecule has 7 nitrogen and oxygen atoms in total. The lowest BCUT2D eigenvalue weighted by Gasteiger charge is -2.38. The van der Waals surface area contributed by atoms with Crippen LogP contribution >= 0.6 is 0 Å². The van der Waals surface area contributed by atoms with Gasteiger partial charge in [0.25, 0.3) is 0 Å². The van der Waals surface area contributed by atoms with Crippen LogP contribution in [0.5, 0.6) is 5.75 Å². The van der Waals surface area contributed by atoms with E-state index in [1.54, 1.807) is 7.11 Å². The van der Waals surface area contributed by atoms with E-state index in [1.807, 2.05) is 18.2 Å². The Morgan fingerprint density at radius 1 is 1.14 bits per heavy atom. The molecule has 4 aromatic rings. The van der Waals surface area contributed by atoms with Gasteiger partial charge in [0.15, 0.2) is 5.82 Å². The van der Waals surface area contributed by atoms with Crippen LogP contribution in [0.15, 0.2) is 36.4 Å². The first-order valence-corrected chi connectivity index (χ1v) is 9.53. The van der Waals surface area contributed by atoms with Gasteiger partial charge in [0.05, 0.1) is 36.4 Å². The van der Waals surface area contributed by atoms with Gasteiger partial charge in [-0.2, -0.15) is 5.10 Å². The maximum atomic E-state index is 5.76. The van der Waals surface area contributed by atoms with Gasteiger partial charge >= 0.3 is 0 Å². The van der Waals surface area contributed by atoms with Gasteiger partial charge in [-0.05, 0) is 44.2 Å². The Balaban J connectivity index is 1.54. The number of rotatable bonds is 3. The maximum Gasteiger partial charge on any atom is 0.159 e. The molecule has 0 bridgehead atoms. The number of imidazole rings is 1. The first-order valence-electron chi connectivity index (χ1n) is 9.53. The van der Waals surface area contributed by atoms with Crippen molar-refractivity contribution in [2.45, 2.75) is 26.0 Å². The lowest BCUT2D eigenvalue weighted by molar-refractivity contribution is 0.0344. The molecule has 1 saturated heterocycles. The van der Waals surface area contributed by atoms with Crippen LogP contribution in [0.4, 0.5) is 5.69 Å². The lowest BCUT2D eigenvalue weighted by atomic mass is 10.1. The number of ether oxygens (including phenoxy) is 2. The molecule has 2 N–H and O–H groups in total. The van der Waals surface area contributed by atoms with Crippen LogP contribution in [0.2, 0.25) is 0 Å². The minimum atomic E-state index is 0.233. The van der Waals surface area contributed by atoms with Crippen molar-refractivity contribution < 1.29 is 9.47 Å². The summed E-state index contributed by atoms with van der Waals surface area (Å²) in [6.45, 7) is 5.94. The molecule has 5 rings (SSSR count). The van der Waals surface area contributed by atoms with Crippen molar-refractivity contribution in [3.8, 4) is 17.3 Å². The Hall–Kier alpha value is -3.06. The second kappa shape index (κ2) is 6.53. The summed E-state index contributed by atoms with van der Waals surface area (Å²) in [6.07, 6.45) is 0.233. The summed E-state index contributed by atoms with van der Waals surface area (Å²) in [6, 6.07) is 12.6. The second-order valence-electron chi connectivity index (χ2n) is 7.42. The van der Waals surface area contributed by atoms with Gasteiger partial charge in [-0.15, -0.1) is 0 Å². The van der Waals surface area contributed by atoms with E-state index in [0.29, 0.717) is 6.04 Å². The molecule has 0 radical (unpaired) electrons. The molecule has 28 heavy (non-hydrogen) atoms. The fraction of sp³-hybridized carbons (Fsp3) is 0.333. The number of aromatic amines is 2. The van der Waals surface area contributed by atoms with E-state index in [4.69, 9.17) is 14.5 Å². The number of nitrogens with zero attached hydrogens (tertiary/aromatic N) is 3. The van der Waals surface area contributed by atoms with Gasteiger partial charge < -0.3 is 19.4 Å². The minimum absolute atomic E-state index is 0.233. The van der Waals surface area contributed by atoms with Gasteiger partial charge in [0, 0.05) is 29.7 Å². The number of morpholine rings is 1. The molecule has 2 unspecified atom stereocenters. The minimum Gasteiger partial charge on any atom is -0.497 e. The number of benzene rings is 2. The molecule has 0 spiro atoms. The number of H-pyrrole nitrogens is 2. The van der Waals surface area contributed by atoms with Crippen molar-refractivity contribution in [1.29, 1.82) is 0 Å². The van der Waals surface area contributed by atoms with E-state index in [-0.39, 0.29) is 6.10 Å². The lowest BCUT2D eigenvalue weighted by Crippen LogP contribution is -2.47. The van der Waals surface area contributed by atoms with Crippen LogP contribution in [0, 0.1) is 0 Å². The van der Waals surface area contributed by atoms with E-state index in [1.165, 1.54) is 5.69 Å². The predicted molar refractivity (Wildman–Crippen MR) is 110 cm³/mol. The molecular formula is C21H23N5O2. The number of anilines is 1. The van der Waals surface area contributed by atoms with Crippen molar-refractivity contribution in [2.24, 2.45) is 0 Å². The van der Waals surface area contributed by atoms with Crippen LogP contribution in [0.25, 0.3) is 33.5 Å². The van der Waals surface area contributed by atoms with E-state index in [9.17, 15) is 0 Å². The highest BCUT2D eigenvalue weighted by Gasteiger charge is 2.24. The number of hydrogen-bond donors (Lipinski definition) is 2. The first-order chi connectivity index (χ1) is 13.6. The molecule has 0 saturated carbocycles. The molecule has 144 valence electrons. The first kappa shape index (κ1) is 17.1. The second-order valence-corrected chi connectivity index (χ2v) is 7.42. The maximum absolute atomic E-state index is 5.76. The number of nitrogens with one attached hydrogen (secondary N) is 2. The topological polar surface area (TPSA) is 79.1 Å². The molecule has 1 aliphatic heterocycles. The molecule has 0 amide bonds. The largest absolute Gasteiger partial charge is 0.497 e. The quantitative estimate of drug-likeness (QED) is 0.569. The van der Waals surface area contributed by atoms with Crippen molar-refractivity contribution in [1.82, 2.24) is 20.2 Å². The summed E-state index contributed by atoms with van der Waals surface area (Å²) in [7, 11) is 1.66. The zero-order valence-electron chi connectivity index (χ0n) is 16.2. The smallest absolute Gasteiger partial charge is 0.159 e. The summed E-state index contributed by atoms with van der Waals surface area (Å²) < 4.78 is 11.0. The Morgan fingerprint density at radius 2 is 2.04 bits per heavy atom. The van der Waals surface area contributed by atoms with E-state index in [2.05, 4.69) is 52.1 Å². The molecule has 2 aromatic heterocycles. The summed E-state index contributed by atoms with van der Waals surface area (Å²) >= 11 is 0. The van der Waals surface area contributed by atoms with Crippen molar-refractivity contribution >= 4 is 27.6 Å². The Kier molecular flexibility index (Phi) is 3.98. The van der Waals surface area contributed by atoms with E-state index >= 15 is 0 Å². The van der Waals surface area contributed by atoms with E-state index in [0.717, 1.165) is 52.4 Å². The highest BCUT2D eigenvalue weighted by molar-refractivity contribution is 5.94. The Labute approximate surface area is 162 Å². The molecule has 1 aliphatic rings. The summed E-state index contributed by atoms with van der Waals surface area (Å²) in [5, 5.41) is 8.55. The predicted octanol–water partition coefficient (Wildman–Crippen LogP) is 3.73. The van der Waals surface area contributed by atoms with Crippen molar-refractivity contribution in [3.05, 3.63) is 36.4 Å². The van der Waals surface area contributed by atoms with Crippen LogP contribution in [0.1, 0.15) is 13.8 Å². The standard InChI is InChI=1S/C21H23N5O2/c1-12-11-28-13(2)10-26(12)14-4-7-17-19(8-14)23-21(22-17)20-16-6-5-15(27-3)9-18(16)24-25-20/h4-9,12-13H,10-11H2,1-3H3,(H,22,23)(H,24,25). The fourth-order valence-corrected chi connectivity index (χ4v) is 3.86. The average molecular weight is 377 g/mol. The zero-order chi connectivity index (χ0) is 19.3. The number of methoxy groups -OCH3 is 1. The third-order valence-corrected chi connectivity index (χ3v) is 5.40. The Morgan fingerprint density at radius 3 is 2.89 bits per heavy atom. The summed E-state index contributed by atoms with van der Waals surface area (Å²) in [4.78, 5) is 10.6. The average Bonchev–Trinajstić information content (AvgIpc) is 3.32. The van der Waals surface area contributed by atoms with Gasteiger partial charge in [0.1, 0.15) is 11.4 Å². The van der Waals surface area contributed by atoms with Crippen molar-refractivity contribution in [2.75, 3.05) is 25.2 Å². The fourth-order valence-electron chi connectivity index (χ4n) is 3.86. The van der Waals surface area contributed by atoms with Crippen LogP contribution in [-0.4, -0.2) is 52.6 Å². The van der Waals surface area contributed by atoms with Crippen LogP contribution in [-0.2, 0) is 4.74 Å².